The van der Waals surface area contributed by atoms with Gasteiger partial charge in [0.05, 0.1) is 0 Å². The van der Waals surface area contributed by atoms with E-state index in [1.165, 1.54) is 0 Å². The predicted molar refractivity (Wildman–Crippen MR) is 52.8 cm³/mol. The second-order valence-electron chi connectivity index (χ2n) is 3.28. The molecule has 0 aliphatic heterocycles. The molecule has 1 heterocycles. The van der Waals surface area contributed by atoms with Crippen molar-refractivity contribution >= 4 is 22.7 Å². The van der Waals surface area contributed by atoms with Crippen LogP contribution in [0.5, 0.6) is 5.75 Å². The highest BCUT2D eigenvalue weighted by Crippen LogP contribution is 2.39. The smallest absolute Gasteiger partial charge is 0.401 e. The van der Waals surface area contributed by atoms with Gasteiger partial charge < -0.3 is 14.9 Å². The molecule has 0 fully saturated rings. The third kappa shape index (κ3) is 4.18. The molecular formula is C8HClF6N2O4. The Hall–Kier alpha value is -2.11. The number of hydrogen-bond donors (Lipinski definition) is 0. The van der Waals surface area contributed by atoms with Gasteiger partial charge in [0.2, 0.25) is 0 Å². The fraction of sp³-hybridized carbons (Fsp3) is 0.250. The standard InChI is InChI=1S/C8HClF6N2O4/c9-5(18)2-1-3(21-8(13,14)15)4(7(10,11)12)16-6(2)17(19)20/h1H. The number of carbonyl (C=O) groups excluding carboxylic acids is 1. The summed E-state index contributed by atoms with van der Waals surface area (Å²) in [6.45, 7) is 0. The third-order valence-electron chi connectivity index (χ3n) is 1.85. The van der Waals surface area contributed by atoms with Gasteiger partial charge in [-0.2, -0.15) is 13.2 Å². The fourth-order valence-corrected chi connectivity index (χ4v) is 1.31. The summed E-state index contributed by atoms with van der Waals surface area (Å²) in [5.41, 5.74) is -3.58. The first-order chi connectivity index (χ1) is 9.33. The van der Waals surface area contributed by atoms with Crippen LogP contribution in [0.3, 0.4) is 0 Å². The number of halogens is 7. The number of nitrogens with zero attached hydrogens (tertiary/aromatic N) is 2. The first-order valence-electron chi connectivity index (χ1n) is 4.55. The molecule has 0 atom stereocenters. The lowest BCUT2D eigenvalue weighted by Gasteiger charge is -2.12. The molecule has 21 heavy (non-hydrogen) atoms. The van der Waals surface area contributed by atoms with Gasteiger partial charge in [-0.25, -0.2) is 0 Å². The first-order valence-corrected chi connectivity index (χ1v) is 4.93. The van der Waals surface area contributed by atoms with Crippen molar-refractivity contribution in [2.45, 2.75) is 12.5 Å². The molecular weight excluding hydrogens is 338 g/mol. The SMILES string of the molecule is O=C(Cl)c1cc(OC(F)(F)F)c(C(F)(F)F)nc1[N+](=O)[O-]. The van der Waals surface area contributed by atoms with E-state index in [0.29, 0.717) is 0 Å². The molecule has 0 spiro atoms. The molecule has 0 bridgehead atoms. The maximum Gasteiger partial charge on any atom is 0.573 e. The highest BCUT2D eigenvalue weighted by molar-refractivity contribution is 6.68. The Morgan fingerprint density at radius 3 is 2.14 bits per heavy atom. The van der Waals surface area contributed by atoms with Crippen molar-refractivity contribution in [1.29, 1.82) is 0 Å². The Morgan fingerprint density at radius 2 is 1.81 bits per heavy atom. The molecule has 1 rings (SSSR count). The number of aromatic nitrogens is 1. The van der Waals surface area contributed by atoms with E-state index in [9.17, 15) is 41.3 Å². The topological polar surface area (TPSA) is 82.3 Å². The molecule has 0 saturated carbocycles. The van der Waals surface area contributed by atoms with Crippen LogP contribution >= 0.6 is 11.6 Å². The quantitative estimate of drug-likeness (QED) is 0.365. The molecule has 1 aromatic rings. The number of alkyl halides is 6. The van der Waals surface area contributed by atoms with Gasteiger partial charge >= 0.3 is 18.4 Å². The van der Waals surface area contributed by atoms with Gasteiger partial charge in [0.1, 0.15) is 5.56 Å². The summed E-state index contributed by atoms with van der Waals surface area (Å²) < 4.78 is 76.8. The largest absolute Gasteiger partial charge is 0.573 e. The fourth-order valence-electron chi connectivity index (χ4n) is 1.17. The molecule has 0 amide bonds. The summed E-state index contributed by atoms with van der Waals surface area (Å²) in [5.74, 6) is -3.57. The molecule has 0 radical (unpaired) electrons. The minimum atomic E-state index is -5.54. The highest BCUT2D eigenvalue weighted by Gasteiger charge is 2.46. The van der Waals surface area contributed by atoms with Crippen LogP contribution < -0.4 is 4.74 Å². The van der Waals surface area contributed by atoms with Crippen LogP contribution in [-0.2, 0) is 6.18 Å². The van der Waals surface area contributed by atoms with E-state index < -0.39 is 45.5 Å². The molecule has 116 valence electrons. The van der Waals surface area contributed by atoms with Crippen LogP contribution in [-0.4, -0.2) is 21.5 Å². The van der Waals surface area contributed by atoms with Gasteiger partial charge in [-0.1, -0.05) is 0 Å². The normalized spacial score (nSPS) is 12.1. The second-order valence-corrected chi connectivity index (χ2v) is 3.63. The Bertz CT molecular complexity index is 600. The van der Waals surface area contributed by atoms with Crippen LogP contribution in [0.1, 0.15) is 16.1 Å². The summed E-state index contributed by atoms with van der Waals surface area (Å²) in [6, 6.07) is -0.142. The average Bonchev–Trinajstić information content (AvgIpc) is 2.23. The molecule has 0 aliphatic carbocycles. The lowest BCUT2D eigenvalue weighted by Crippen LogP contribution is -2.22. The van der Waals surface area contributed by atoms with Crippen LogP contribution in [0.4, 0.5) is 32.2 Å². The highest BCUT2D eigenvalue weighted by atomic mass is 35.5. The Kier molecular flexibility index (Phi) is 4.32. The number of carbonyl (C=O) groups is 1. The number of hydrogen-bond acceptors (Lipinski definition) is 5. The molecule has 0 N–H and O–H groups in total. The summed E-state index contributed by atoms with van der Waals surface area (Å²) in [4.78, 5) is 22.3. The zero-order valence-electron chi connectivity index (χ0n) is 9.25. The van der Waals surface area contributed by atoms with Gasteiger partial charge in [-0.15, -0.1) is 13.2 Å². The van der Waals surface area contributed by atoms with E-state index in [2.05, 4.69) is 9.72 Å². The molecule has 0 aromatic carbocycles. The lowest BCUT2D eigenvalue weighted by atomic mass is 10.2. The maximum atomic E-state index is 12.5. The minimum Gasteiger partial charge on any atom is -0.401 e. The Morgan fingerprint density at radius 1 is 1.29 bits per heavy atom. The summed E-state index contributed by atoms with van der Waals surface area (Å²) in [6.07, 6.45) is -11.0. The van der Waals surface area contributed by atoms with Crippen LogP contribution in [0.2, 0.25) is 0 Å². The van der Waals surface area contributed by atoms with Crippen molar-refractivity contribution in [2.75, 3.05) is 0 Å². The van der Waals surface area contributed by atoms with E-state index in [1.807, 2.05) is 0 Å². The number of ether oxygens (including phenoxy) is 1. The third-order valence-corrected chi connectivity index (χ3v) is 2.05. The zero-order valence-corrected chi connectivity index (χ0v) is 10.0. The van der Waals surface area contributed by atoms with Crippen molar-refractivity contribution in [3.63, 3.8) is 0 Å². The monoisotopic (exact) mass is 338 g/mol. The van der Waals surface area contributed by atoms with Gasteiger partial charge in [0.25, 0.3) is 10.9 Å². The number of nitro groups is 1. The molecule has 13 heteroatoms. The summed E-state index contributed by atoms with van der Waals surface area (Å²) >= 11 is 4.86. The van der Waals surface area contributed by atoms with Crippen molar-refractivity contribution in [2.24, 2.45) is 0 Å². The Labute approximate surface area is 115 Å². The number of pyridine rings is 1. The van der Waals surface area contributed by atoms with Crippen molar-refractivity contribution in [3.8, 4) is 5.75 Å². The Balaban J connectivity index is 3.64. The van der Waals surface area contributed by atoms with Crippen molar-refractivity contribution < 1.29 is 40.8 Å². The van der Waals surface area contributed by atoms with Crippen molar-refractivity contribution in [1.82, 2.24) is 4.98 Å². The summed E-state index contributed by atoms with van der Waals surface area (Å²) in [7, 11) is 0. The van der Waals surface area contributed by atoms with Crippen molar-refractivity contribution in [3.05, 3.63) is 27.4 Å². The van der Waals surface area contributed by atoms with Gasteiger partial charge in [0, 0.05) is 6.07 Å². The van der Waals surface area contributed by atoms with Gasteiger partial charge in [-0.3, -0.25) is 4.79 Å². The van der Waals surface area contributed by atoms with Gasteiger partial charge in [-0.05, 0) is 21.5 Å². The average molecular weight is 339 g/mol. The van der Waals surface area contributed by atoms with Crippen LogP contribution in [0.15, 0.2) is 6.07 Å². The van der Waals surface area contributed by atoms with E-state index in [1.54, 1.807) is 0 Å². The van der Waals surface area contributed by atoms with E-state index in [4.69, 9.17) is 11.6 Å². The molecule has 0 unspecified atom stereocenters. The number of rotatable bonds is 3. The molecule has 0 saturated heterocycles. The molecule has 6 nitrogen and oxygen atoms in total. The van der Waals surface area contributed by atoms with Crippen LogP contribution in [0.25, 0.3) is 0 Å². The summed E-state index contributed by atoms with van der Waals surface area (Å²) in [5, 5.41) is 8.83. The molecule has 1 aromatic heterocycles. The van der Waals surface area contributed by atoms with Crippen LogP contribution in [0, 0.1) is 10.1 Å². The predicted octanol–water partition coefficient (Wildman–Crippen LogP) is 3.29. The van der Waals surface area contributed by atoms with E-state index in [0.717, 1.165) is 0 Å². The zero-order chi connectivity index (χ0) is 16.6. The molecule has 0 aliphatic rings. The maximum absolute atomic E-state index is 12.5. The lowest BCUT2D eigenvalue weighted by molar-refractivity contribution is -0.390. The second kappa shape index (κ2) is 5.35. The van der Waals surface area contributed by atoms with E-state index in [-0.39, 0.29) is 6.07 Å². The first kappa shape index (κ1) is 16.9. The van der Waals surface area contributed by atoms with E-state index >= 15 is 0 Å². The van der Waals surface area contributed by atoms with Gasteiger partial charge in [0.15, 0.2) is 5.75 Å². The minimum absolute atomic E-state index is 0.142.